The summed E-state index contributed by atoms with van der Waals surface area (Å²) < 4.78 is 31.4. The van der Waals surface area contributed by atoms with Crippen LogP contribution in [-0.4, -0.2) is 20.0 Å². The number of nitrogens with zero attached hydrogens (tertiary/aromatic N) is 2. The van der Waals surface area contributed by atoms with Crippen LogP contribution < -0.4 is 5.73 Å². The van der Waals surface area contributed by atoms with E-state index in [-0.39, 0.29) is 5.69 Å². The van der Waals surface area contributed by atoms with Gasteiger partial charge in [0.1, 0.15) is 22.2 Å². The molecule has 1 aliphatic heterocycles. The fraction of sp³-hybridized carbons (Fsp3) is 0.429. The van der Waals surface area contributed by atoms with Crippen molar-refractivity contribution in [1.82, 2.24) is 5.16 Å². The van der Waals surface area contributed by atoms with Gasteiger partial charge in [0.15, 0.2) is 5.58 Å². The maximum atomic E-state index is 13.7. The Morgan fingerprint density at radius 2 is 2.18 bits per heavy atom. The van der Waals surface area contributed by atoms with Crippen LogP contribution in [0.5, 0.6) is 0 Å². The number of anilines is 1. The van der Waals surface area contributed by atoms with Gasteiger partial charge in [0, 0.05) is 17.9 Å². The number of oxime groups is 1. The van der Waals surface area contributed by atoms with E-state index in [1.54, 1.807) is 6.92 Å². The minimum Gasteiger partial charge on any atom is -0.396 e. The highest BCUT2D eigenvalue weighted by Crippen LogP contribution is 2.33. The van der Waals surface area contributed by atoms with Crippen molar-refractivity contribution < 1.29 is 18.0 Å². The standard InChI is InChI=1S/C14H16FN3O3S/c1-7(22(19)12-6-14(2,3)21-17-12)13-8-4-9(15)10(16)5-11(8)20-18-13/h4-5,7H,6,16H2,1-3H3. The van der Waals surface area contributed by atoms with Gasteiger partial charge in [0.2, 0.25) is 0 Å². The number of hydrogen-bond donors (Lipinski definition) is 1. The van der Waals surface area contributed by atoms with Gasteiger partial charge >= 0.3 is 0 Å². The molecule has 2 N–H and O–H groups in total. The van der Waals surface area contributed by atoms with E-state index in [0.29, 0.717) is 28.1 Å². The van der Waals surface area contributed by atoms with Gasteiger partial charge in [0.05, 0.1) is 21.7 Å². The lowest BCUT2D eigenvalue weighted by Gasteiger charge is -2.13. The maximum Gasteiger partial charge on any atom is 0.169 e. The van der Waals surface area contributed by atoms with Crippen molar-refractivity contribution in [3.8, 4) is 0 Å². The number of halogens is 1. The van der Waals surface area contributed by atoms with E-state index in [9.17, 15) is 8.60 Å². The summed E-state index contributed by atoms with van der Waals surface area (Å²) in [6.07, 6.45) is 0.473. The van der Waals surface area contributed by atoms with Crippen molar-refractivity contribution >= 4 is 32.5 Å². The largest absolute Gasteiger partial charge is 0.396 e. The Morgan fingerprint density at radius 3 is 2.82 bits per heavy atom. The molecule has 1 aromatic heterocycles. The zero-order valence-corrected chi connectivity index (χ0v) is 13.2. The summed E-state index contributed by atoms with van der Waals surface area (Å²) in [5.74, 6) is -0.558. The van der Waals surface area contributed by atoms with Gasteiger partial charge < -0.3 is 15.1 Å². The van der Waals surface area contributed by atoms with Gasteiger partial charge in [0.25, 0.3) is 0 Å². The molecule has 2 unspecified atom stereocenters. The molecule has 2 aromatic rings. The lowest BCUT2D eigenvalue weighted by atomic mass is 10.1. The molecule has 0 bridgehead atoms. The molecule has 2 atom stereocenters. The summed E-state index contributed by atoms with van der Waals surface area (Å²) in [6, 6.07) is 2.62. The molecular weight excluding hydrogens is 309 g/mol. The average Bonchev–Trinajstić information content (AvgIpc) is 3.01. The highest BCUT2D eigenvalue weighted by Gasteiger charge is 2.35. The van der Waals surface area contributed by atoms with E-state index in [4.69, 9.17) is 15.1 Å². The third-order valence-corrected chi connectivity index (χ3v) is 5.08. The summed E-state index contributed by atoms with van der Waals surface area (Å²) in [7, 11) is -1.44. The van der Waals surface area contributed by atoms with E-state index in [0.717, 1.165) is 0 Å². The van der Waals surface area contributed by atoms with E-state index < -0.39 is 27.5 Å². The predicted molar refractivity (Wildman–Crippen MR) is 82.2 cm³/mol. The van der Waals surface area contributed by atoms with Crippen molar-refractivity contribution in [1.29, 1.82) is 0 Å². The van der Waals surface area contributed by atoms with Crippen molar-refractivity contribution in [2.45, 2.75) is 38.0 Å². The number of hydrogen-bond acceptors (Lipinski definition) is 6. The van der Waals surface area contributed by atoms with Crippen molar-refractivity contribution in [2.75, 3.05) is 5.73 Å². The van der Waals surface area contributed by atoms with Crippen LogP contribution >= 0.6 is 0 Å². The molecule has 0 saturated carbocycles. The Hall–Kier alpha value is -1.96. The fourth-order valence-corrected chi connectivity index (χ4v) is 3.68. The minimum absolute atomic E-state index is 0.0145. The fourth-order valence-electron chi connectivity index (χ4n) is 2.30. The second-order valence-electron chi connectivity index (χ2n) is 5.89. The molecule has 0 saturated heterocycles. The Balaban J connectivity index is 1.94. The molecule has 0 radical (unpaired) electrons. The van der Waals surface area contributed by atoms with Crippen molar-refractivity contribution in [3.63, 3.8) is 0 Å². The first-order chi connectivity index (χ1) is 10.3. The van der Waals surface area contributed by atoms with Crippen LogP contribution in [0.4, 0.5) is 10.1 Å². The van der Waals surface area contributed by atoms with Gasteiger partial charge in [-0.25, -0.2) is 4.39 Å². The molecule has 0 aliphatic carbocycles. The van der Waals surface area contributed by atoms with Crippen LogP contribution in [-0.2, 0) is 15.6 Å². The van der Waals surface area contributed by atoms with Gasteiger partial charge in [-0.3, -0.25) is 4.21 Å². The van der Waals surface area contributed by atoms with Gasteiger partial charge in [-0.2, -0.15) is 0 Å². The smallest absolute Gasteiger partial charge is 0.169 e. The number of aromatic nitrogens is 1. The second kappa shape index (κ2) is 5.05. The zero-order valence-electron chi connectivity index (χ0n) is 12.4. The van der Waals surface area contributed by atoms with Crippen LogP contribution in [0.15, 0.2) is 21.8 Å². The van der Waals surface area contributed by atoms with Gasteiger partial charge in [-0.1, -0.05) is 10.3 Å². The number of rotatable bonds is 2. The Labute approximate surface area is 128 Å². The molecule has 1 aromatic carbocycles. The third-order valence-electron chi connectivity index (χ3n) is 3.53. The van der Waals surface area contributed by atoms with E-state index in [1.807, 2.05) is 13.8 Å². The van der Waals surface area contributed by atoms with Crippen LogP contribution in [0.25, 0.3) is 11.0 Å². The molecule has 0 spiro atoms. The average molecular weight is 325 g/mol. The van der Waals surface area contributed by atoms with Crippen LogP contribution in [0.1, 0.15) is 38.1 Å². The molecule has 0 fully saturated rings. The number of fused-ring (bicyclic) bond motifs is 1. The quantitative estimate of drug-likeness (QED) is 0.857. The normalized spacial score (nSPS) is 19.7. The Morgan fingerprint density at radius 1 is 1.45 bits per heavy atom. The highest BCUT2D eigenvalue weighted by molar-refractivity contribution is 8.00. The van der Waals surface area contributed by atoms with Crippen LogP contribution in [0.3, 0.4) is 0 Å². The minimum atomic E-state index is -1.44. The van der Waals surface area contributed by atoms with Gasteiger partial charge in [-0.05, 0) is 26.8 Å². The number of benzene rings is 1. The Kier molecular flexibility index (Phi) is 3.43. The number of nitrogen functional groups attached to an aromatic ring is 1. The lowest BCUT2D eigenvalue weighted by Crippen LogP contribution is -2.21. The topological polar surface area (TPSA) is 90.7 Å². The molecule has 1 aliphatic rings. The lowest BCUT2D eigenvalue weighted by molar-refractivity contribution is 0.0123. The SMILES string of the molecule is CC(c1noc2cc(N)c(F)cc12)S(=O)C1=NOC(C)(C)C1. The molecule has 22 heavy (non-hydrogen) atoms. The first kappa shape index (κ1) is 15.0. The van der Waals surface area contributed by atoms with Gasteiger partial charge in [-0.15, -0.1) is 0 Å². The third kappa shape index (κ3) is 2.47. The number of nitrogens with two attached hydrogens (primary N) is 1. The molecule has 8 heteroatoms. The Bertz CT molecular complexity index is 800. The first-order valence-electron chi connectivity index (χ1n) is 6.78. The summed E-state index contributed by atoms with van der Waals surface area (Å²) in [5.41, 5.74) is 5.81. The monoisotopic (exact) mass is 325 g/mol. The maximum absolute atomic E-state index is 13.7. The predicted octanol–water partition coefficient (Wildman–Crippen LogP) is 2.87. The molecule has 3 rings (SSSR count). The molecule has 0 amide bonds. The summed E-state index contributed by atoms with van der Waals surface area (Å²) in [5, 5.41) is 8.24. The molecule has 6 nitrogen and oxygen atoms in total. The summed E-state index contributed by atoms with van der Waals surface area (Å²) in [6.45, 7) is 5.47. The van der Waals surface area contributed by atoms with E-state index in [1.165, 1.54) is 12.1 Å². The molecular formula is C14H16FN3O3S. The van der Waals surface area contributed by atoms with E-state index >= 15 is 0 Å². The van der Waals surface area contributed by atoms with Crippen LogP contribution in [0.2, 0.25) is 0 Å². The van der Waals surface area contributed by atoms with Crippen molar-refractivity contribution in [3.05, 3.63) is 23.6 Å². The molecule has 118 valence electrons. The summed E-state index contributed by atoms with van der Waals surface area (Å²) >= 11 is 0. The summed E-state index contributed by atoms with van der Waals surface area (Å²) in [4.78, 5) is 5.24. The molecule has 2 heterocycles. The van der Waals surface area contributed by atoms with Crippen LogP contribution in [0, 0.1) is 5.82 Å². The van der Waals surface area contributed by atoms with Crippen molar-refractivity contribution in [2.24, 2.45) is 5.16 Å². The zero-order chi connectivity index (χ0) is 16.1. The first-order valence-corrected chi connectivity index (χ1v) is 8.00. The van der Waals surface area contributed by atoms with E-state index in [2.05, 4.69) is 10.3 Å². The second-order valence-corrected chi connectivity index (χ2v) is 7.66. The highest BCUT2D eigenvalue weighted by atomic mass is 32.2.